The van der Waals surface area contributed by atoms with Crippen LogP contribution in [0.25, 0.3) is 0 Å². The lowest BCUT2D eigenvalue weighted by Crippen LogP contribution is -2.28. The number of hydrogen-bond donors (Lipinski definition) is 1. The molecule has 1 aliphatic rings. The molecular formula is C12H17NO2. The zero-order valence-corrected chi connectivity index (χ0v) is 9.07. The molecule has 0 unspecified atom stereocenters. The highest BCUT2D eigenvalue weighted by molar-refractivity contribution is 5.60. The number of anilines is 1. The summed E-state index contributed by atoms with van der Waals surface area (Å²) in [5.41, 5.74) is 2.40. The van der Waals surface area contributed by atoms with Crippen LogP contribution in [0.4, 0.5) is 5.69 Å². The number of benzene rings is 1. The first-order valence-corrected chi connectivity index (χ1v) is 5.39. The van der Waals surface area contributed by atoms with Crippen LogP contribution in [0, 0.1) is 0 Å². The predicted molar refractivity (Wildman–Crippen MR) is 60.6 cm³/mol. The molecule has 1 aromatic carbocycles. The van der Waals surface area contributed by atoms with Gasteiger partial charge in [0.05, 0.1) is 12.2 Å². The second-order valence-corrected chi connectivity index (χ2v) is 3.90. The molecule has 0 saturated heterocycles. The van der Waals surface area contributed by atoms with E-state index in [9.17, 15) is 0 Å². The molecule has 3 nitrogen and oxygen atoms in total. The predicted octanol–water partition coefficient (Wildman–Crippen LogP) is 1.44. The van der Waals surface area contributed by atoms with E-state index in [-0.39, 0.29) is 6.61 Å². The Labute approximate surface area is 90.3 Å². The molecule has 1 aromatic rings. The van der Waals surface area contributed by atoms with Gasteiger partial charge < -0.3 is 14.7 Å². The van der Waals surface area contributed by atoms with E-state index in [1.165, 1.54) is 5.56 Å². The van der Waals surface area contributed by atoms with E-state index in [0.717, 1.165) is 37.4 Å². The molecule has 0 saturated carbocycles. The van der Waals surface area contributed by atoms with Crippen LogP contribution in [0.5, 0.6) is 5.75 Å². The minimum Gasteiger partial charge on any atom is -0.490 e. The van der Waals surface area contributed by atoms with Crippen molar-refractivity contribution in [3.8, 4) is 5.75 Å². The van der Waals surface area contributed by atoms with E-state index in [4.69, 9.17) is 9.84 Å². The van der Waals surface area contributed by atoms with Crippen LogP contribution in [0.15, 0.2) is 18.2 Å². The standard InChI is InChI=1S/C12H17NO2/c1-13-6-8-15-12-9-10(3-2-7-14)4-5-11(12)13/h4-5,9,14H,2-3,6-8H2,1H3. The third-order valence-corrected chi connectivity index (χ3v) is 2.74. The average Bonchev–Trinajstić information content (AvgIpc) is 2.26. The zero-order chi connectivity index (χ0) is 10.7. The highest BCUT2D eigenvalue weighted by Gasteiger charge is 2.14. The molecule has 0 aromatic heterocycles. The van der Waals surface area contributed by atoms with Gasteiger partial charge in [0, 0.05) is 13.7 Å². The van der Waals surface area contributed by atoms with Gasteiger partial charge in [0.2, 0.25) is 0 Å². The Morgan fingerprint density at radius 1 is 1.47 bits per heavy atom. The summed E-state index contributed by atoms with van der Waals surface area (Å²) in [4.78, 5) is 2.20. The number of hydrogen-bond acceptors (Lipinski definition) is 3. The molecule has 0 amide bonds. The maximum absolute atomic E-state index is 8.77. The molecule has 0 aliphatic carbocycles. The zero-order valence-electron chi connectivity index (χ0n) is 9.07. The molecule has 3 heteroatoms. The number of rotatable bonds is 3. The van der Waals surface area contributed by atoms with Crippen molar-refractivity contribution < 1.29 is 9.84 Å². The Morgan fingerprint density at radius 2 is 2.33 bits per heavy atom. The van der Waals surface area contributed by atoms with E-state index in [1.807, 2.05) is 0 Å². The first kappa shape index (κ1) is 10.3. The lowest BCUT2D eigenvalue weighted by Gasteiger charge is -2.27. The molecule has 1 aliphatic heterocycles. The van der Waals surface area contributed by atoms with Crippen molar-refractivity contribution in [2.75, 3.05) is 31.7 Å². The molecule has 0 fully saturated rings. The fourth-order valence-corrected chi connectivity index (χ4v) is 1.84. The van der Waals surface area contributed by atoms with Crippen molar-refractivity contribution in [2.45, 2.75) is 12.8 Å². The van der Waals surface area contributed by atoms with Crippen LogP contribution < -0.4 is 9.64 Å². The second-order valence-electron chi connectivity index (χ2n) is 3.90. The number of fused-ring (bicyclic) bond motifs is 1. The van der Waals surface area contributed by atoms with Crippen molar-refractivity contribution >= 4 is 5.69 Å². The fourth-order valence-electron chi connectivity index (χ4n) is 1.84. The number of aryl methyl sites for hydroxylation is 1. The van der Waals surface area contributed by atoms with Crippen molar-refractivity contribution in [3.05, 3.63) is 23.8 Å². The summed E-state index contributed by atoms with van der Waals surface area (Å²) in [6.45, 7) is 1.95. The molecule has 2 rings (SSSR count). The number of aliphatic hydroxyl groups is 1. The molecule has 15 heavy (non-hydrogen) atoms. The Kier molecular flexibility index (Phi) is 3.11. The smallest absolute Gasteiger partial charge is 0.142 e. The largest absolute Gasteiger partial charge is 0.490 e. The minimum absolute atomic E-state index is 0.248. The third kappa shape index (κ3) is 2.23. The molecule has 82 valence electrons. The van der Waals surface area contributed by atoms with Gasteiger partial charge in [0.1, 0.15) is 12.4 Å². The summed E-state index contributed by atoms with van der Waals surface area (Å²) in [5, 5.41) is 8.77. The van der Waals surface area contributed by atoms with Gasteiger partial charge in [0.15, 0.2) is 0 Å². The monoisotopic (exact) mass is 207 g/mol. The Balaban J connectivity index is 2.18. The maximum Gasteiger partial charge on any atom is 0.142 e. The lowest BCUT2D eigenvalue weighted by molar-refractivity contribution is 0.288. The normalized spacial score (nSPS) is 14.7. The minimum atomic E-state index is 0.248. The van der Waals surface area contributed by atoms with Crippen LogP contribution in [0.1, 0.15) is 12.0 Å². The number of aliphatic hydroxyl groups excluding tert-OH is 1. The van der Waals surface area contributed by atoms with Crippen LogP contribution in [-0.2, 0) is 6.42 Å². The van der Waals surface area contributed by atoms with Gasteiger partial charge in [-0.1, -0.05) is 6.07 Å². The first-order valence-electron chi connectivity index (χ1n) is 5.39. The van der Waals surface area contributed by atoms with Crippen LogP contribution >= 0.6 is 0 Å². The Morgan fingerprint density at radius 3 is 3.13 bits per heavy atom. The van der Waals surface area contributed by atoms with Crippen molar-refractivity contribution in [2.24, 2.45) is 0 Å². The van der Waals surface area contributed by atoms with Gasteiger partial charge in [0.25, 0.3) is 0 Å². The maximum atomic E-state index is 8.77. The van der Waals surface area contributed by atoms with E-state index in [2.05, 4.69) is 30.1 Å². The number of ether oxygens (including phenoxy) is 1. The van der Waals surface area contributed by atoms with Crippen molar-refractivity contribution in [1.82, 2.24) is 0 Å². The number of nitrogens with zero attached hydrogens (tertiary/aromatic N) is 1. The molecule has 1 heterocycles. The third-order valence-electron chi connectivity index (χ3n) is 2.74. The van der Waals surface area contributed by atoms with Gasteiger partial charge >= 0.3 is 0 Å². The first-order chi connectivity index (χ1) is 7.31. The SMILES string of the molecule is CN1CCOc2cc(CCCO)ccc21. The van der Waals surface area contributed by atoms with E-state index >= 15 is 0 Å². The van der Waals surface area contributed by atoms with E-state index in [1.54, 1.807) is 0 Å². The van der Waals surface area contributed by atoms with Crippen LogP contribution in [0.2, 0.25) is 0 Å². The quantitative estimate of drug-likeness (QED) is 0.814. The highest BCUT2D eigenvalue weighted by atomic mass is 16.5. The summed E-state index contributed by atoms with van der Waals surface area (Å²) in [7, 11) is 2.08. The Bertz CT molecular complexity index is 338. The van der Waals surface area contributed by atoms with Gasteiger partial charge in [-0.25, -0.2) is 0 Å². The Hall–Kier alpha value is -1.22. The summed E-state index contributed by atoms with van der Waals surface area (Å²) in [5.74, 6) is 0.971. The van der Waals surface area contributed by atoms with Gasteiger partial charge in [-0.05, 0) is 30.5 Å². The van der Waals surface area contributed by atoms with Gasteiger partial charge in [-0.3, -0.25) is 0 Å². The summed E-state index contributed by atoms with van der Waals surface area (Å²) in [6, 6.07) is 6.29. The second kappa shape index (κ2) is 4.53. The summed E-state index contributed by atoms with van der Waals surface area (Å²) >= 11 is 0. The van der Waals surface area contributed by atoms with Crippen molar-refractivity contribution in [1.29, 1.82) is 0 Å². The van der Waals surface area contributed by atoms with Crippen LogP contribution in [-0.4, -0.2) is 31.9 Å². The number of likely N-dealkylation sites (N-methyl/N-ethyl adjacent to an activating group) is 1. The van der Waals surface area contributed by atoms with E-state index in [0.29, 0.717) is 0 Å². The van der Waals surface area contributed by atoms with Gasteiger partial charge in [-0.15, -0.1) is 0 Å². The molecular weight excluding hydrogens is 190 g/mol. The average molecular weight is 207 g/mol. The van der Waals surface area contributed by atoms with Crippen molar-refractivity contribution in [3.63, 3.8) is 0 Å². The molecule has 0 radical (unpaired) electrons. The topological polar surface area (TPSA) is 32.7 Å². The highest BCUT2D eigenvalue weighted by Crippen LogP contribution is 2.31. The van der Waals surface area contributed by atoms with Crippen LogP contribution in [0.3, 0.4) is 0 Å². The molecule has 0 bridgehead atoms. The lowest BCUT2D eigenvalue weighted by atomic mass is 10.1. The molecule has 0 atom stereocenters. The molecule has 1 N–H and O–H groups in total. The fraction of sp³-hybridized carbons (Fsp3) is 0.500. The summed E-state index contributed by atoms with van der Waals surface area (Å²) in [6.07, 6.45) is 1.73. The molecule has 0 spiro atoms. The summed E-state index contributed by atoms with van der Waals surface area (Å²) < 4.78 is 5.61. The van der Waals surface area contributed by atoms with E-state index < -0.39 is 0 Å². The van der Waals surface area contributed by atoms with Gasteiger partial charge in [-0.2, -0.15) is 0 Å².